The Bertz CT molecular complexity index is 544. The number of carboxylic acid groups (broad SMARTS) is 1. The molecule has 2 rings (SSSR count). The van der Waals surface area contributed by atoms with Crippen LogP contribution in [-0.4, -0.2) is 23.1 Å². The molecule has 114 valence electrons. The van der Waals surface area contributed by atoms with Crippen LogP contribution in [0.5, 0.6) is 0 Å². The fourth-order valence-corrected chi connectivity index (χ4v) is 2.40. The first-order valence-electron chi connectivity index (χ1n) is 7.10. The van der Waals surface area contributed by atoms with Gasteiger partial charge < -0.3 is 15.7 Å². The Hall–Kier alpha value is -1.75. The quantitative estimate of drug-likeness (QED) is 0.749. The first kappa shape index (κ1) is 15.6. The number of carbonyl (C=O) groups excluding carboxylic acids is 1. The molecule has 0 radical (unpaired) electrons. The third-order valence-electron chi connectivity index (χ3n) is 3.60. The summed E-state index contributed by atoms with van der Waals surface area (Å²) < 4.78 is 0. The number of carbonyl (C=O) groups is 2. The zero-order valence-corrected chi connectivity index (χ0v) is 12.6. The van der Waals surface area contributed by atoms with Crippen LogP contribution < -0.4 is 10.6 Å². The molecule has 6 heteroatoms. The van der Waals surface area contributed by atoms with Crippen molar-refractivity contribution < 1.29 is 14.7 Å². The van der Waals surface area contributed by atoms with E-state index in [-0.39, 0.29) is 23.3 Å². The number of amides is 2. The molecule has 1 aromatic rings. The molecule has 0 bridgehead atoms. The Labute approximate surface area is 128 Å². The SMILES string of the molecule is CCC(CC1CC1)NC(=O)Nc1ccc(Cl)cc1C(=O)O. The molecule has 21 heavy (non-hydrogen) atoms. The third kappa shape index (κ3) is 4.63. The van der Waals surface area contributed by atoms with E-state index in [4.69, 9.17) is 16.7 Å². The molecule has 1 unspecified atom stereocenters. The molecule has 1 aromatic carbocycles. The van der Waals surface area contributed by atoms with E-state index in [0.717, 1.165) is 18.8 Å². The van der Waals surface area contributed by atoms with E-state index in [1.165, 1.54) is 25.0 Å². The number of rotatable bonds is 6. The summed E-state index contributed by atoms with van der Waals surface area (Å²) in [4.78, 5) is 23.2. The number of benzene rings is 1. The molecule has 0 heterocycles. The van der Waals surface area contributed by atoms with Gasteiger partial charge in [0.1, 0.15) is 0 Å². The number of anilines is 1. The molecule has 0 spiro atoms. The molecule has 1 aliphatic carbocycles. The monoisotopic (exact) mass is 310 g/mol. The predicted molar refractivity (Wildman–Crippen MR) is 82.0 cm³/mol. The Morgan fingerprint density at radius 2 is 2.14 bits per heavy atom. The molecule has 1 aliphatic rings. The predicted octanol–water partition coefficient (Wildman–Crippen LogP) is 3.74. The summed E-state index contributed by atoms with van der Waals surface area (Å²) in [6.07, 6.45) is 4.31. The first-order chi connectivity index (χ1) is 9.99. The Morgan fingerprint density at radius 1 is 1.43 bits per heavy atom. The zero-order valence-electron chi connectivity index (χ0n) is 11.9. The largest absolute Gasteiger partial charge is 0.478 e. The third-order valence-corrected chi connectivity index (χ3v) is 3.84. The van der Waals surface area contributed by atoms with Crippen molar-refractivity contribution in [1.29, 1.82) is 0 Å². The first-order valence-corrected chi connectivity index (χ1v) is 7.47. The molecule has 0 saturated heterocycles. The minimum Gasteiger partial charge on any atom is -0.478 e. The van der Waals surface area contributed by atoms with Gasteiger partial charge in [-0.2, -0.15) is 0 Å². The van der Waals surface area contributed by atoms with Gasteiger partial charge in [-0.3, -0.25) is 0 Å². The van der Waals surface area contributed by atoms with Crippen molar-refractivity contribution in [2.24, 2.45) is 5.92 Å². The molecule has 1 saturated carbocycles. The maximum atomic E-state index is 12.0. The lowest BCUT2D eigenvalue weighted by Gasteiger charge is -2.17. The Balaban J connectivity index is 1.99. The number of nitrogens with one attached hydrogen (secondary N) is 2. The standard InChI is InChI=1S/C15H19ClN2O3/c1-2-11(7-9-3-4-9)17-15(21)18-13-6-5-10(16)8-12(13)14(19)20/h5-6,8-9,11H,2-4,7H2,1H3,(H,19,20)(H2,17,18,21). The van der Waals surface area contributed by atoms with Crippen LogP contribution in [0.15, 0.2) is 18.2 Å². The minimum absolute atomic E-state index is 0.0205. The second-order valence-corrected chi connectivity index (χ2v) is 5.81. The van der Waals surface area contributed by atoms with Crippen molar-refractivity contribution in [3.8, 4) is 0 Å². The van der Waals surface area contributed by atoms with Gasteiger partial charge >= 0.3 is 12.0 Å². The molecular formula is C15H19ClN2O3. The van der Waals surface area contributed by atoms with Crippen molar-refractivity contribution in [3.63, 3.8) is 0 Å². The van der Waals surface area contributed by atoms with Crippen molar-refractivity contribution >= 4 is 29.3 Å². The van der Waals surface area contributed by atoms with Crippen molar-refractivity contribution in [3.05, 3.63) is 28.8 Å². The fourth-order valence-electron chi connectivity index (χ4n) is 2.23. The molecule has 0 aromatic heterocycles. The van der Waals surface area contributed by atoms with E-state index >= 15 is 0 Å². The fraction of sp³-hybridized carbons (Fsp3) is 0.467. The summed E-state index contributed by atoms with van der Waals surface area (Å²) in [5, 5.41) is 14.9. The van der Waals surface area contributed by atoms with Gasteiger partial charge in [-0.25, -0.2) is 9.59 Å². The lowest BCUT2D eigenvalue weighted by molar-refractivity contribution is 0.0698. The van der Waals surface area contributed by atoms with E-state index in [9.17, 15) is 9.59 Å². The minimum atomic E-state index is -1.13. The van der Waals surface area contributed by atoms with E-state index < -0.39 is 5.97 Å². The molecule has 3 N–H and O–H groups in total. The van der Waals surface area contributed by atoms with Gasteiger partial charge in [-0.1, -0.05) is 31.4 Å². The lowest BCUT2D eigenvalue weighted by atomic mass is 10.1. The molecule has 2 amide bonds. The highest BCUT2D eigenvalue weighted by Gasteiger charge is 2.25. The summed E-state index contributed by atoms with van der Waals surface area (Å²) in [6.45, 7) is 2.03. The molecule has 1 atom stereocenters. The normalized spacial score (nSPS) is 15.3. The number of halogens is 1. The maximum Gasteiger partial charge on any atom is 0.337 e. The van der Waals surface area contributed by atoms with Gasteiger partial charge in [0.2, 0.25) is 0 Å². The van der Waals surface area contributed by atoms with E-state index in [0.29, 0.717) is 5.02 Å². The number of carboxylic acids is 1. The summed E-state index contributed by atoms with van der Waals surface area (Å²) in [6, 6.07) is 4.10. The highest BCUT2D eigenvalue weighted by atomic mass is 35.5. The van der Waals surface area contributed by atoms with Crippen molar-refractivity contribution in [2.45, 2.75) is 38.6 Å². The van der Waals surface area contributed by atoms with Crippen LogP contribution in [0.4, 0.5) is 10.5 Å². The van der Waals surface area contributed by atoms with E-state index in [1.807, 2.05) is 6.92 Å². The average Bonchev–Trinajstić information content (AvgIpc) is 3.23. The van der Waals surface area contributed by atoms with Gasteiger partial charge in [0, 0.05) is 11.1 Å². The average molecular weight is 311 g/mol. The van der Waals surface area contributed by atoms with Gasteiger partial charge in [0.15, 0.2) is 0 Å². The van der Waals surface area contributed by atoms with E-state index in [2.05, 4.69) is 10.6 Å². The van der Waals surface area contributed by atoms with Gasteiger partial charge in [0.05, 0.1) is 11.3 Å². The molecule has 5 nitrogen and oxygen atoms in total. The topological polar surface area (TPSA) is 78.4 Å². The number of urea groups is 1. The van der Waals surface area contributed by atoms with Crippen LogP contribution in [0.2, 0.25) is 5.02 Å². The van der Waals surface area contributed by atoms with Gasteiger partial charge in [0.25, 0.3) is 0 Å². The summed E-state index contributed by atoms with van der Waals surface area (Å²) in [7, 11) is 0. The van der Waals surface area contributed by atoms with Crippen LogP contribution >= 0.6 is 11.6 Å². The van der Waals surface area contributed by atoms with Crippen LogP contribution in [0.25, 0.3) is 0 Å². The smallest absolute Gasteiger partial charge is 0.337 e. The molecular weight excluding hydrogens is 292 g/mol. The Morgan fingerprint density at radius 3 is 2.71 bits per heavy atom. The van der Waals surface area contributed by atoms with Crippen LogP contribution in [0.3, 0.4) is 0 Å². The zero-order chi connectivity index (χ0) is 15.4. The lowest BCUT2D eigenvalue weighted by Crippen LogP contribution is -2.38. The highest BCUT2D eigenvalue weighted by Crippen LogP contribution is 2.34. The number of aromatic carboxylic acids is 1. The second-order valence-electron chi connectivity index (χ2n) is 5.38. The Kier molecular flexibility index (Phi) is 5.07. The maximum absolute atomic E-state index is 12.0. The molecule has 0 aliphatic heterocycles. The summed E-state index contributed by atoms with van der Waals surface area (Å²) >= 11 is 5.78. The number of hydrogen-bond donors (Lipinski definition) is 3. The van der Waals surface area contributed by atoms with Gasteiger partial charge in [-0.15, -0.1) is 0 Å². The van der Waals surface area contributed by atoms with Gasteiger partial charge in [-0.05, 0) is 37.0 Å². The van der Waals surface area contributed by atoms with Crippen LogP contribution in [0, 0.1) is 5.92 Å². The number of hydrogen-bond acceptors (Lipinski definition) is 2. The summed E-state index contributed by atoms with van der Waals surface area (Å²) in [5.41, 5.74) is 0.221. The van der Waals surface area contributed by atoms with Crippen LogP contribution in [0.1, 0.15) is 43.0 Å². The second kappa shape index (κ2) is 6.80. The molecule has 1 fully saturated rings. The van der Waals surface area contributed by atoms with E-state index in [1.54, 1.807) is 6.07 Å². The van der Waals surface area contributed by atoms with Crippen LogP contribution in [-0.2, 0) is 0 Å². The highest BCUT2D eigenvalue weighted by molar-refractivity contribution is 6.31. The van der Waals surface area contributed by atoms with Crippen molar-refractivity contribution in [1.82, 2.24) is 5.32 Å². The summed E-state index contributed by atoms with van der Waals surface area (Å²) in [5.74, 6) is -0.404. The van der Waals surface area contributed by atoms with Crippen molar-refractivity contribution in [2.75, 3.05) is 5.32 Å².